The fraction of sp³-hybridized carbons (Fsp3) is 0.0476. The van der Waals surface area contributed by atoms with Gasteiger partial charge in [-0.25, -0.2) is 4.79 Å². The molecule has 1 aliphatic rings. The van der Waals surface area contributed by atoms with E-state index in [1.54, 1.807) is 12.1 Å². The number of hydrogen-bond donors (Lipinski definition) is 0. The number of fused-ring (bicyclic) bond motifs is 3. The van der Waals surface area contributed by atoms with Crippen LogP contribution >= 0.6 is 0 Å². The van der Waals surface area contributed by atoms with Crippen LogP contribution in [0.3, 0.4) is 0 Å². The quantitative estimate of drug-likeness (QED) is 0.401. The lowest BCUT2D eigenvalue weighted by molar-refractivity contribution is 0.0517. The molecule has 3 nitrogen and oxygen atoms in total. The predicted molar refractivity (Wildman–Crippen MR) is 94.1 cm³/mol. The Morgan fingerprint density at radius 3 is 1.96 bits per heavy atom. The highest BCUT2D eigenvalue weighted by Crippen LogP contribution is 2.36. The standard InChI is InChI=1S/C21H15NO2/c1-14-7-6-8-15(13-14)21(23)24-22-20-18-11-4-2-9-16(18)17-10-3-5-12-19(17)20/h2-13H,1H3. The van der Waals surface area contributed by atoms with Gasteiger partial charge in [0.15, 0.2) is 0 Å². The molecule has 0 saturated carbocycles. The molecular weight excluding hydrogens is 298 g/mol. The van der Waals surface area contributed by atoms with Gasteiger partial charge in [-0.15, -0.1) is 0 Å². The van der Waals surface area contributed by atoms with Crippen molar-refractivity contribution in [2.24, 2.45) is 5.16 Å². The van der Waals surface area contributed by atoms with Crippen molar-refractivity contribution in [1.82, 2.24) is 0 Å². The molecule has 0 saturated heterocycles. The van der Waals surface area contributed by atoms with Crippen LogP contribution in [0.15, 0.2) is 78.0 Å². The number of oxime groups is 1. The third kappa shape index (κ3) is 2.40. The normalized spacial score (nSPS) is 11.6. The first-order valence-electron chi connectivity index (χ1n) is 7.79. The second-order valence-electron chi connectivity index (χ2n) is 5.78. The zero-order chi connectivity index (χ0) is 16.5. The van der Waals surface area contributed by atoms with E-state index >= 15 is 0 Å². The maximum atomic E-state index is 12.2. The van der Waals surface area contributed by atoms with Crippen molar-refractivity contribution in [2.75, 3.05) is 0 Å². The lowest BCUT2D eigenvalue weighted by atomic mass is 10.1. The Morgan fingerprint density at radius 2 is 1.38 bits per heavy atom. The average Bonchev–Trinajstić information content (AvgIpc) is 2.94. The molecule has 1 aliphatic carbocycles. The van der Waals surface area contributed by atoms with Crippen LogP contribution in [-0.2, 0) is 4.84 Å². The van der Waals surface area contributed by atoms with Gasteiger partial charge < -0.3 is 4.84 Å². The average molecular weight is 313 g/mol. The third-order valence-corrected chi connectivity index (χ3v) is 4.13. The van der Waals surface area contributed by atoms with Crippen molar-refractivity contribution in [2.45, 2.75) is 6.92 Å². The topological polar surface area (TPSA) is 38.7 Å². The van der Waals surface area contributed by atoms with E-state index in [4.69, 9.17) is 4.84 Å². The van der Waals surface area contributed by atoms with Gasteiger partial charge in [0, 0.05) is 11.1 Å². The zero-order valence-electron chi connectivity index (χ0n) is 13.2. The van der Waals surface area contributed by atoms with Crippen LogP contribution in [0.1, 0.15) is 27.0 Å². The summed E-state index contributed by atoms with van der Waals surface area (Å²) in [6.07, 6.45) is 0. The van der Waals surface area contributed by atoms with E-state index in [0.717, 1.165) is 27.8 Å². The summed E-state index contributed by atoms with van der Waals surface area (Å²) in [5, 5.41) is 4.18. The number of nitrogens with zero attached hydrogens (tertiary/aromatic N) is 1. The van der Waals surface area contributed by atoms with Crippen molar-refractivity contribution < 1.29 is 9.63 Å². The second-order valence-corrected chi connectivity index (χ2v) is 5.78. The minimum atomic E-state index is -0.451. The van der Waals surface area contributed by atoms with Gasteiger partial charge in [-0.3, -0.25) is 0 Å². The third-order valence-electron chi connectivity index (χ3n) is 4.13. The maximum absolute atomic E-state index is 12.2. The Morgan fingerprint density at radius 1 is 0.792 bits per heavy atom. The van der Waals surface area contributed by atoms with E-state index < -0.39 is 5.97 Å². The molecule has 0 spiro atoms. The summed E-state index contributed by atoms with van der Waals surface area (Å²) >= 11 is 0. The highest BCUT2D eigenvalue weighted by atomic mass is 16.7. The number of benzene rings is 3. The molecule has 0 N–H and O–H groups in total. The molecular formula is C21H15NO2. The van der Waals surface area contributed by atoms with Crippen LogP contribution in [0, 0.1) is 6.92 Å². The van der Waals surface area contributed by atoms with Crippen LogP contribution in [0.25, 0.3) is 11.1 Å². The second kappa shape index (κ2) is 5.78. The van der Waals surface area contributed by atoms with E-state index in [-0.39, 0.29) is 0 Å². The van der Waals surface area contributed by atoms with Crippen LogP contribution in [-0.4, -0.2) is 11.7 Å². The van der Waals surface area contributed by atoms with Crippen LogP contribution in [0.5, 0.6) is 0 Å². The fourth-order valence-electron chi connectivity index (χ4n) is 3.00. The number of carbonyl (C=O) groups is 1. The summed E-state index contributed by atoms with van der Waals surface area (Å²) in [4.78, 5) is 17.5. The van der Waals surface area contributed by atoms with Gasteiger partial charge in [0.1, 0.15) is 5.71 Å². The Balaban J connectivity index is 1.71. The number of rotatable bonds is 2. The molecule has 0 bridgehead atoms. The molecule has 3 heteroatoms. The summed E-state index contributed by atoms with van der Waals surface area (Å²) in [7, 11) is 0. The lowest BCUT2D eigenvalue weighted by Gasteiger charge is -2.02. The summed E-state index contributed by atoms with van der Waals surface area (Å²) in [5.41, 5.74) is 6.39. The molecule has 0 fully saturated rings. The Bertz CT molecular complexity index is 925. The summed E-state index contributed by atoms with van der Waals surface area (Å²) in [6.45, 7) is 1.94. The first kappa shape index (κ1) is 14.4. The molecule has 0 radical (unpaired) electrons. The van der Waals surface area contributed by atoms with Crippen LogP contribution < -0.4 is 0 Å². The van der Waals surface area contributed by atoms with E-state index in [1.165, 1.54) is 0 Å². The van der Waals surface area contributed by atoms with Crippen molar-refractivity contribution in [3.05, 3.63) is 95.1 Å². The van der Waals surface area contributed by atoms with E-state index in [2.05, 4.69) is 17.3 Å². The fourth-order valence-corrected chi connectivity index (χ4v) is 3.00. The molecule has 3 aromatic rings. The van der Waals surface area contributed by atoms with Gasteiger partial charge >= 0.3 is 5.97 Å². The smallest absolute Gasteiger partial charge is 0.312 e. The van der Waals surface area contributed by atoms with E-state index in [9.17, 15) is 4.79 Å². The first-order valence-corrected chi connectivity index (χ1v) is 7.79. The SMILES string of the molecule is Cc1cccc(C(=O)ON=C2c3ccccc3-c3ccccc32)c1. The molecule has 4 rings (SSSR count). The first-order chi connectivity index (χ1) is 11.7. The van der Waals surface area contributed by atoms with Crippen LogP contribution in [0.4, 0.5) is 0 Å². The molecule has 0 unspecified atom stereocenters. The number of carbonyl (C=O) groups excluding carboxylic acids is 1. The van der Waals surface area contributed by atoms with Gasteiger partial charge in [-0.2, -0.15) is 0 Å². The molecule has 3 aromatic carbocycles. The Labute approximate surface area is 140 Å². The predicted octanol–water partition coefficient (Wildman–Crippen LogP) is 4.58. The largest absolute Gasteiger partial charge is 0.365 e. The Kier molecular flexibility index (Phi) is 3.47. The minimum absolute atomic E-state index is 0.451. The highest BCUT2D eigenvalue weighted by Gasteiger charge is 2.25. The molecule has 0 atom stereocenters. The molecule has 24 heavy (non-hydrogen) atoms. The van der Waals surface area contributed by atoms with Crippen molar-refractivity contribution >= 4 is 11.7 Å². The molecule has 0 aromatic heterocycles. The summed E-state index contributed by atoms with van der Waals surface area (Å²) < 4.78 is 0. The van der Waals surface area contributed by atoms with Crippen molar-refractivity contribution in [1.29, 1.82) is 0 Å². The maximum Gasteiger partial charge on any atom is 0.365 e. The van der Waals surface area contributed by atoms with Crippen molar-refractivity contribution in [3.63, 3.8) is 0 Å². The van der Waals surface area contributed by atoms with Gasteiger partial charge in [0.2, 0.25) is 0 Å². The summed E-state index contributed by atoms with van der Waals surface area (Å²) in [5.74, 6) is -0.451. The van der Waals surface area contributed by atoms with E-state index in [0.29, 0.717) is 11.3 Å². The summed E-state index contributed by atoms with van der Waals surface area (Å²) in [6, 6.07) is 23.3. The number of aryl methyl sites for hydroxylation is 1. The van der Waals surface area contributed by atoms with Crippen molar-refractivity contribution in [3.8, 4) is 11.1 Å². The lowest BCUT2D eigenvalue weighted by Crippen LogP contribution is -2.05. The monoisotopic (exact) mass is 313 g/mol. The van der Waals surface area contributed by atoms with Gasteiger partial charge in [-0.05, 0) is 30.2 Å². The number of hydrogen-bond acceptors (Lipinski definition) is 3. The zero-order valence-corrected chi connectivity index (χ0v) is 13.2. The molecule has 0 amide bonds. The molecule has 0 heterocycles. The Hall–Kier alpha value is -3.20. The molecule has 116 valence electrons. The van der Waals surface area contributed by atoms with Gasteiger partial charge in [0.25, 0.3) is 0 Å². The van der Waals surface area contributed by atoms with Gasteiger partial charge in [0.05, 0.1) is 5.56 Å². The minimum Gasteiger partial charge on any atom is -0.312 e. The highest BCUT2D eigenvalue weighted by molar-refractivity contribution is 6.24. The van der Waals surface area contributed by atoms with E-state index in [1.807, 2.05) is 55.5 Å². The molecule has 0 aliphatic heterocycles. The van der Waals surface area contributed by atoms with Crippen LogP contribution in [0.2, 0.25) is 0 Å². The van der Waals surface area contributed by atoms with Gasteiger partial charge in [-0.1, -0.05) is 71.4 Å².